The molecule has 0 radical (unpaired) electrons. The van der Waals surface area contributed by atoms with E-state index in [2.05, 4.69) is 5.32 Å². The molecule has 0 aliphatic carbocycles. The van der Waals surface area contributed by atoms with Crippen LogP contribution in [0.5, 0.6) is 5.75 Å². The number of carbonyl (C=O) groups is 2. The van der Waals surface area contributed by atoms with Crippen LogP contribution in [0.2, 0.25) is 10.0 Å². The lowest BCUT2D eigenvalue weighted by atomic mass is 10.1. The van der Waals surface area contributed by atoms with Crippen molar-refractivity contribution in [3.63, 3.8) is 0 Å². The molecule has 0 spiro atoms. The quantitative estimate of drug-likeness (QED) is 0.270. The van der Waals surface area contributed by atoms with Crippen molar-refractivity contribution < 1.29 is 22.7 Å². The van der Waals surface area contributed by atoms with Crippen molar-refractivity contribution in [2.45, 2.75) is 64.6 Å². The third-order valence-electron chi connectivity index (χ3n) is 6.34. The first kappa shape index (κ1) is 33.2. The number of anilines is 1. The number of halogens is 2. The minimum absolute atomic E-state index is 0.0121. The second kappa shape index (κ2) is 13.8. The van der Waals surface area contributed by atoms with Crippen LogP contribution in [0.15, 0.2) is 71.6 Å². The number of aryl methyl sites for hydroxylation is 1. The van der Waals surface area contributed by atoms with E-state index in [1.807, 2.05) is 27.7 Å². The van der Waals surface area contributed by atoms with Gasteiger partial charge in [0.15, 0.2) is 0 Å². The Labute approximate surface area is 258 Å². The molecule has 0 aromatic heterocycles. The van der Waals surface area contributed by atoms with E-state index in [1.165, 1.54) is 17.0 Å². The van der Waals surface area contributed by atoms with Crippen molar-refractivity contribution >= 4 is 50.7 Å². The van der Waals surface area contributed by atoms with Gasteiger partial charge in [0.2, 0.25) is 11.8 Å². The average molecular weight is 635 g/mol. The standard InChI is InChI=1S/C31H37Cl2N3O5S/c1-7-41-28-11-9-8-10-27(28)36(42(39,40)25-16-12-21(2)13-17-25)20-29(37)35(22(3)30(38)34-31(4,5)6)19-23-14-15-24(32)18-26(23)33/h8-18,22H,7,19-20H2,1-6H3,(H,34,38). The van der Waals surface area contributed by atoms with Gasteiger partial charge >= 0.3 is 0 Å². The molecule has 226 valence electrons. The van der Waals surface area contributed by atoms with Gasteiger partial charge in [0.1, 0.15) is 18.3 Å². The van der Waals surface area contributed by atoms with Gasteiger partial charge in [-0.1, -0.05) is 59.1 Å². The van der Waals surface area contributed by atoms with E-state index in [9.17, 15) is 18.0 Å². The zero-order valence-electron chi connectivity index (χ0n) is 24.6. The van der Waals surface area contributed by atoms with Crippen molar-refractivity contribution in [2.24, 2.45) is 0 Å². The maximum Gasteiger partial charge on any atom is 0.264 e. The molecule has 0 fully saturated rings. The molecule has 11 heteroatoms. The minimum atomic E-state index is -4.24. The molecule has 0 saturated carbocycles. The van der Waals surface area contributed by atoms with Crippen molar-refractivity contribution in [3.05, 3.63) is 87.9 Å². The number of ether oxygens (including phenoxy) is 1. The van der Waals surface area contributed by atoms with E-state index in [4.69, 9.17) is 27.9 Å². The summed E-state index contributed by atoms with van der Waals surface area (Å²) in [6, 6.07) is 16.9. The molecule has 8 nitrogen and oxygen atoms in total. The zero-order valence-corrected chi connectivity index (χ0v) is 27.0. The second-order valence-electron chi connectivity index (χ2n) is 10.9. The zero-order chi connectivity index (χ0) is 31.2. The summed E-state index contributed by atoms with van der Waals surface area (Å²) < 4.78 is 34.9. The molecular formula is C31H37Cl2N3O5S. The Balaban J connectivity index is 2.11. The highest BCUT2D eigenvalue weighted by atomic mass is 35.5. The van der Waals surface area contributed by atoms with Crippen LogP contribution in [0.4, 0.5) is 5.69 Å². The summed E-state index contributed by atoms with van der Waals surface area (Å²) >= 11 is 12.5. The maximum atomic E-state index is 14.2. The van der Waals surface area contributed by atoms with Crippen LogP contribution in [0.1, 0.15) is 45.7 Å². The number of nitrogens with zero attached hydrogens (tertiary/aromatic N) is 2. The lowest BCUT2D eigenvalue weighted by Gasteiger charge is -2.34. The summed E-state index contributed by atoms with van der Waals surface area (Å²) in [5, 5.41) is 3.63. The summed E-state index contributed by atoms with van der Waals surface area (Å²) in [4.78, 5) is 28.7. The lowest BCUT2D eigenvalue weighted by molar-refractivity contribution is -0.140. The first-order valence-electron chi connectivity index (χ1n) is 13.5. The molecule has 42 heavy (non-hydrogen) atoms. The van der Waals surface area contributed by atoms with E-state index in [0.717, 1.165) is 9.87 Å². The number of carbonyl (C=O) groups excluding carboxylic acids is 2. The van der Waals surface area contributed by atoms with Crippen molar-refractivity contribution in [2.75, 3.05) is 17.5 Å². The average Bonchev–Trinajstić information content (AvgIpc) is 2.90. The van der Waals surface area contributed by atoms with Crippen LogP contribution in [0.3, 0.4) is 0 Å². The SMILES string of the molecule is CCOc1ccccc1N(CC(=O)N(Cc1ccc(Cl)cc1Cl)C(C)C(=O)NC(C)(C)C)S(=O)(=O)c1ccc(C)cc1. The molecule has 3 rings (SSSR count). The summed E-state index contributed by atoms with van der Waals surface area (Å²) in [6.07, 6.45) is 0. The molecule has 0 heterocycles. The summed E-state index contributed by atoms with van der Waals surface area (Å²) in [7, 11) is -4.24. The Morgan fingerprint density at radius 2 is 1.64 bits per heavy atom. The number of para-hydroxylation sites is 2. The normalized spacial score (nSPS) is 12.4. The van der Waals surface area contributed by atoms with Gasteiger partial charge in [-0.15, -0.1) is 0 Å². The molecule has 1 N–H and O–H groups in total. The monoisotopic (exact) mass is 633 g/mol. The Kier molecular flexibility index (Phi) is 10.9. The molecule has 1 unspecified atom stereocenters. The highest BCUT2D eigenvalue weighted by molar-refractivity contribution is 7.92. The van der Waals surface area contributed by atoms with Gasteiger partial charge in [-0.25, -0.2) is 8.42 Å². The van der Waals surface area contributed by atoms with Gasteiger partial charge in [-0.3, -0.25) is 13.9 Å². The number of hydrogen-bond acceptors (Lipinski definition) is 5. The summed E-state index contributed by atoms with van der Waals surface area (Å²) in [6.45, 7) is 10.4. The van der Waals surface area contributed by atoms with Crippen LogP contribution in [-0.4, -0.2) is 49.9 Å². The fourth-order valence-electron chi connectivity index (χ4n) is 4.18. The topological polar surface area (TPSA) is 96.0 Å². The number of benzene rings is 3. The van der Waals surface area contributed by atoms with Gasteiger partial charge < -0.3 is 15.0 Å². The van der Waals surface area contributed by atoms with E-state index in [0.29, 0.717) is 21.4 Å². The highest BCUT2D eigenvalue weighted by Crippen LogP contribution is 2.33. The molecule has 3 aromatic rings. The van der Waals surface area contributed by atoms with E-state index < -0.39 is 40.0 Å². The van der Waals surface area contributed by atoms with Crippen LogP contribution in [0.25, 0.3) is 0 Å². The first-order chi connectivity index (χ1) is 19.6. The van der Waals surface area contributed by atoms with Gasteiger partial charge in [0.05, 0.1) is 17.2 Å². The van der Waals surface area contributed by atoms with Gasteiger partial charge in [-0.2, -0.15) is 0 Å². The van der Waals surface area contributed by atoms with Crippen LogP contribution < -0.4 is 14.4 Å². The van der Waals surface area contributed by atoms with Crippen molar-refractivity contribution in [1.82, 2.24) is 10.2 Å². The van der Waals surface area contributed by atoms with Crippen molar-refractivity contribution in [3.8, 4) is 5.75 Å². The molecule has 0 aliphatic heterocycles. The van der Waals surface area contributed by atoms with Gasteiger partial charge in [0, 0.05) is 22.1 Å². The van der Waals surface area contributed by atoms with Gasteiger partial charge in [0.25, 0.3) is 10.0 Å². The van der Waals surface area contributed by atoms with Crippen LogP contribution >= 0.6 is 23.2 Å². The third kappa shape index (κ3) is 8.40. The van der Waals surface area contributed by atoms with Crippen LogP contribution in [0, 0.1) is 6.92 Å². The van der Waals surface area contributed by atoms with E-state index in [1.54, 1.807) is 68.4 Å². The molecule has 3 aromatic carbocycles. The number of sulfonamides is 1. The predicted octanol–water partition coefficient (Wildman–Crippen LogP) is 6.23. The molecule has 1 atom stereocenters. The maximum absolute atomic E-state index is 14.2. The van der Waals surface area contributed by atoms with Gasteiger partial charge in [-0.05, 0) is 83.5 Å². The van der Waals surface area contributed by atoms with E-state index >= 15 is 0 Å². The Morgan fingerprint density at radius 3 is 2.24 bits per heavy atom. The smallest absolute Gasteiger partial charge is 0.264 e. The molecule has 0 saturated heterocycles. The Hall–Kier alpha value is -3.27. The second-order valence-corrected chi connectivity index (χ2v) is 13.6. The summed E-state index contributed by atoms with van der Waals surface area (Å²) in [5.41, 5.74) is 1.07. The Morgan fingerprint density at radius 1 is 1.00 bits per heavy atom. The Bertz CT molecular complexity index is 1520. The minimum Gasteiger partial charge on any atom is -0.492 e. The molecular weight excluding hydrogens is 597 g/mol. The number of nitrogens with one attached hydrogen (secondary N) is 1. The van der Waals surface area contributed by atoms with Crippen molar-refractivity contribution in [1.29, 1.82) is 0 Å². The lowest BCUT2D eigenvalue weighted by Crippen LogP contribution is -2.54. The third-order valence-corrected chi connectivity index (χ3v) is 8.70. The largest absolute Gasteiger partial charge is 0.492 e. The fourth-order valence-corrected chi connectivity index (χ4v) is 6.07. The number of amides is 2. The highest BCUT2D eigenvalue weighted by Gasteiger charge is 2.34. The summed E-state index contributed by atoms with van der Waals surface area (Å²) in [5.74, 6) is -0.711. The van der Waals surface area contributed by atoms with E-state index in [-0.39, 0.29) is 23.7 Å². The number of hydrogen-bond donors (Lipinski definition) is 1. The van der Waals surface area contributed by atoms with Crippen LogP contribution in [-0.2, 0) is 26.2 Å². The predicted molar refractivity (Wildman–Crippen MR) is 168 cm³/mol. The first-order valence-corrected chi connectivity index (χ1v) is 15.7. The molecule has 0 aliphatic rings. The molecule has 2 amide bonds. The molecule has 0 bridgehead atoms. The fraction of sp³-hybridized carbons (Fsp3) is 0.355. The number of rotatable bonds is 11.